The summed E-state index contributed by atoms with van der Waals surface area (Å²) in [4.78, 5) is 14.3. The van der Waals surface area contributed by atoms with Gasteiger partial charge in [-0.1, -0.05) is 26.0 Å². The fraction of sp³-hybridized carbons (Fsp3) is 0.480. The highest BCUT2D eigenvalue weighted by Gasteiger charge is 2.56. The smallest absolute Gasteiger partial charge is 0.337 e. The van der Waals surface area contributed by atoms with Crippen molar-refractivity contribution in [2.45, 2.75) is 25.8 Å². The number of carbonyl (C=O) groups excluding carboxylic acids is 1. The van der Waals surface area contributed by atoms with Crippen LogP contribution in [0.5, 0.6) is 11.5 Å². The first kappa shape index (κ1) is 21.7. The predicted octanol–water partition coefficient (Wildman–Crippen LogP) is 3.26. The van der Waals surface area contributed by atoms with E-state index < -0.39 is 5.41 Å². The highest BCUT2D eigenvalue weighted by Crippen LogP contribution is 2.53. The molecule has 31 heavy (non-hydrogen) atoms. The third kappa shape index (κ3) is 3.79. The third-order valence-electron chi connectivity index (χ3n) is 6.92. The maximum atomic E-state index is 11.9. The van der Waals surface area contributed by atoms with Gasteiger partial charge in [0.25, 0.3) is 0 Å². The molecule has 2 aliphatic heterocycles. The van der Waals surface area contributed by atoms with Crippen LogP contribution in [0, 0.1) is 11.3 Å². The van der Waals surface area contributed by atoms with Crippen molar-refractivity contribution < 1.29 is 24.1 Å². The molecule has 1 saturated heterocycles. The predicted molar refractivity (Wildman–Crippen MR) is 118 cm³/mol. The van der Waals surface area contributed by atoms with Gasteiger partial charge < -0.3 is 19.3 Å². The zero-order valence-electron chi connectivity index (χ0n) is 18.7. The summed E-state index contributed by atoms with van der Waals surface area (Å²) in [5, 5.41) is 10.8. The van der Waals surface area contributed by atoms with Gasteiger partial charge in [0.1, 0.15) is 11.5 Å². The number of likely N-dealkylation sites (tertiary alicyclic amines) is 1. The molecule has 0 spiro atoms. The minimum atomic E-state index is -0.455. The van der Waals surface area contributed by atoms with Crippen molar-refractivity contribution in [3.63, 3.8) is 0 Å². The normalized spacial score (nSPS) is 24.5. The number of carbonyl (C=O) groups is 1. The summed E-state index contributed by atoms with van der Waals surface area (Å²) in [7, 11) is 3.05. The summed E-state index contributed by atoms with van der Waals surface area (Å²) in [5.41, 5.74) is 2.03. The van der Waals surface area contributed by atoms with Crippen molar-refractivity contribution in [2.24, 2.45) is 11.3 Å². The Morgan fingerprint density at radius 3 is 2.74 bits per heavy atom. The Bertz CT molecular complexity index is 972. The van der Waals surface area contributed by atoms with Gasteiger partial charge in [-0.05, 0) is 41.8 Å². The van der Waals surface area contributed by atoms with E-state index in [4.69, 9.17) is 14.2 Å². The second kappa shape index (κ2) is 8.17. The first-order valence-corrected chi connectivity index (χ1v) is 10.6. The standard InChI is InChI=1S/C25H31NO5/c1-24(2)16-31-21-9-8-19(29-3)11-20(21)25(15-27)14-26(13-22(24)25)12-17-6-5-7-18(10-17)23(28)30-4/h5-11,22,27H,12-16H2,1-4H3/t22-,25-/m1/s1. The average molecular weight is 426 g/mol. The quantitative estimate of drug-likeness (QED) is 0.742. The van der Waals surface area contributed by atoms with E-state index in [1.807, 2.05) is 36.4 Å². The minimum absolute atomic E-state index is 0.0311. The molecule has 1 N–H and O–H groups in total. The number of rotatable bonds is 5. The zero-order chi connectivity index (χ0) is 22.2. The summed E-state index contributed by atoms with van der Waals surface area (Å²) in [6.07, 6.45) is 0. The number of aliphatic hydroxyl groups is 1. The number of fused-ring (bicyclic) bond motifs is 3. The van der Waals surface area contributed by atoms with Crippen molar-refractivity contribution >= 4 is 5.97 Å². The Labute approximate surface area is 183 Å². The van der Waals surface area contributed by atoms with Crippen LogP contribution in [-0.4, -0.2) is 56.5 Å². The van der Waals surface area contributed by atoms with E-state index in [1.165, 1.54) is 7.11 Å². The Morgan fingerprint density at radius 2 is 2.03 bits per heavy atom. The van der Waals surface area contributed by atoms with Gasteiger partial charge >= 0.3 is 5.97 Å². The molecule has 2 aromatic rings. The maximum absolute atomic E-state index is 11.9. The lowest BCUT2D eigenvalue weighted by atomic mass is 9.63. The van der Waals surface area contributed by atoms with E-state index in [0.717, 1.165) is 29.2 Å². The molecule has 0 aromatic heterocycles. The van der Waals surface area contributed by atoms with Gasteiger partial charge in [0, 0.05) is 36.0 Å². The van der Waals surface area contributed by atoms with Crippen LogP contribution in [0.3, 0.4) is 0 Å². The summed E-state index contributed by atoms with van der Waals surface area (Å²) in [5.74, 6) is 1.44. The molecule has 2 aromatic carbocycles. The van der Waals surface area contributed by atoms with Crippen LogP contribution in [0.15, 0.2) is 42.5 Å². The number of benzene rings is 2. The van der Waals surface area contributed by atoms with Gasteiger partial charge in [-0.2, -0.15) is 0 Å². The average Bonchev–Trinajstić information content (AvgIpc) is 3.14. The molecule has 2 heterocycles. The highest BCUT2D eigenvalue weighted by atomic mass is 16.5. The molecule has 0 aliphatic carbocycles. The molecule has 6 heteroatoms. The number of esters is 1. The van der Waals surface area contributed by atoms with Crippen LogP contribution in [0.25, 0.3) is 0 Å². The lowest BCUT2D eigenvalue weighted by molar-refractivity contribution is 0.0600. The summed E-state index contributed by atoms with van der Waals surface area (Å²) in [6.45, 7) is 7.27. The van der Waals surface area contributed by atoms with Crippen molar-refractivity contribution in [3.05, 3.63) is 59.2 Å². The molecule has 2 atom stereocenters. The number of methoxy groups -OCH3 is 2. The largest absolute Gasteiger partial charge is 0.497 e. The van der Waals surface area contributed by atoms with Crippen LogP contribution >= 0.6 is 0 Å². The van der Waals surface area contributed by atoms with Crippen molar-refractivity contribution in [3.8, 4) is 11.5 Å². The molecule has 0 saturated carbocycles. The fourth-order valence-electron chi connectivity index (χ4n) is 5.33. The molecule has 4 rings (SSSR count). The maximum Gasteiger partial charge on any atom is 0.337 e. The monoisotopic (exact) mass is 425 g/mol. The molecule has 2 aliphatic rings. The molecule has 6 nitrogen and oxygen atoms in total. The van der Waals surface area contributed by atoms with Crippen molar-refractivity contribution in [2.75, 3.05) is 40.5 Å². The first-order chi connectivity index (χ1) is 14.8. The van der Waals surface area contributed by atoms with Crippen LogP contribution in [-0.2, 0) is 16.7 Å². The van der Waals surface area contributed by atoms with E-state index in [1.54, 1.807) is 13.2 Å². The number of ether oxygens (including phenoxy) is 3. The van der Waals surface area contributed by atoms with Gasteiger partial charge in [-0.25, -0.2) is 4.79 Å². The van der Waals surface area contributed by atoms with Crippen LogP contribution < -0.4 is 9.47 Å². The van der Waals surface area contributed by atoms with Crippen LogP contribution in [0.4, 0.5) is 0 Å². The SMILES string of the molecule is COC(=O)c1cccc(CN2C[C@@H]3C(C)(C)COc4ccc(OC)cc4[C@]3(CO)C2)c1. The van der Waals surface area contributed by atoms with Crippen LogP contribution in [0.1, 0.15) is 35.3 Å². The number of aliphatic hydroxyl groups excluding tert-OH is 1. The lowest BCUT2D eigenvalue weighted by Gasteiger charge is -2.39. The van der Waals surface area contributed by atoms with Gasteiger partial charge in [0.05, 0.1) is 33.0 Å². The van der Waals surface area contributed by atoms with Crippen LogP contribution in [0.2, 0.25) is 0 Å². The van der Waals surface area contributed by atoms with Crippen molar-refractivity contribution in [1.82, 2.24) is 4.90 Å². The molecule has 1 fully saturated rings. The first-order valence-electron chi connectivity index (χ1n) is 10.6. The number of hydrogen-bond donors (Lipinski definition) is 1. The van der Waals surface area contributed by atoms with E-state index in [2.05, 4.69) is 18.7 Å². The molecule has 0 bridgehead atoms. The number of hydrogen-bond acceptors (Lipinski definition) is 6. The second-order valence-electron chi connectivity index (χ2n) is 9.37. The highest BCUT2D eigenvalue weighted by molar-refractivity contribution is 5.89. The van der Waals surface area contributed by atoms with Gasteiger partial charge in [0.15, 0.2) is 0 Å². The van der Waals surface area contributed by atoms with E-state index in [-0.39, 0.29) is 23.9 Å². The van der Waals surface area contributed by atoms with Gasteiger partial charge in [-0.15, -0.1) is 0 Å². The van der Waals surface area contributed by atoms with E-state index >= 15 is 0 Å². The molecule has 166 valence electrons. The summed E-state index contributed by atoms with van der Waals surface area (Å²) >= 11 is 0. The lowest BCUT2D eigenvalue weighted by Crippen LogP contribution is -2.45. The molecular weight excluding hydrogens is 394 g/mol. The molecule has 0 radical (unpaired) electrons. The Balaban J connectivity index is 1.70. The van der Waals surface area contributed by atoms with E-state index in [0.29, 0.717) is 25.3 Å². The Morgan fingerprint density at radius 1 is 1.23 bits per heavy atom. The van der Waals surface area contributed by atoms with Gasteiger partial charge in [-0.3, -0.25) is 4.90 Å². The topological polar surface area (TPSA) is 68.2 Å². The Hall–Kier alpha value is -2.57. The Kier molecular flexibility index (Phi) is 5.71. The third-order valence-corrected chi connectivity index (χ3v) is 6.92. The fourth-order valence-corrected chi connectivity index (χ4v) is 5.33. The molecule has 0 unspecified atom stereocenters. The number of nitrogens with zero attached hydrogens (tertiary/aromatic N) is 1. The van der Waals surface area contributed by atoms with Crippen molar-refractivity contribution in [1.29, 1.82) is 0 Å². The van der Waals surface area contributed by atoms with E-state index in [9.17, 15) is 9.90 Å². The minimum Gasteiger partial charge on any atom is -0.497 e. The summed E-state index contributed by atoms with van der Waals surface area (Å²) < 4.78 is 16.5. The molecular formula is C25H31NO5. The zero-order valence-corrected chi connectivity index (χ0v) is 18.7. The molecule has 0 amide bonds. The van der Waals surface area contributed by atoms with Gasteiger partial charge in [0.2, 0.25) is 0 Å². The second-order valence-corrected chi connectivity index (χ2v) is 9.37. The summed E-state index contributed by atoms with van der Waals surface area (Å²) in [6, 6.07) is 13.4.